The standard InChI is InChI=1S/Ac.3NO3/c;3*2-1(3)4/q+3;3*-1. The van der Waals surface area contributed by atoms with Gasteiger partial charge in [0.15, 0.2) is 0 Å². The van der Waals surface area contributed by atoms with Gasteiger partial charge in [0, 0.05) is 0 Å². The summed E-state index contributed by atoms with van der Waals surface area (Å²) in [6.07, 6.45) is 0. The van der Waals surface area contributed by atoms with Crippen molar-refractivity contribution in [3.8, 4) is 0 Å². The summed E-state index contributed by atoms with van der Waals surface area (Å²) in [5, 5.41) is 44.2. The van der Waals surface area contributed by atoms with E-state index in [1.165, 1.54) is 0 Å². The van der Waals surface area contributed by atoms with E-state index in [-0.39, 0.29) is 44.1 Å². The van der Waals surface area contributed by atoms with Crippen molar-refractivity contribution >= 4 is 0 Å². The van der Waals surface area contributed by atoms with Crippen LogP contribution in [0.25, 0.3) is 0 Å². The molecule has 13 heavy (non-hydrogen) atoms. The molecule has 12 nitrogen and oxygen atoms in total. The van der Waals surface area contributed by atoms with Crippen molar-refractivity contribution in [1.82, 2.24) is 0 Å². The fourth-order valence-electron chi connectivity index (χ4n) is 0. The molecule has 0 aliphatic heterocycles. The van der Waals surface area contributed by atoms with Crippen LogP contribution in [0.4, 0.5) is 0 Å². The molecule has 0 amide bonds. The number of rotatable bonds is 0. The monoisotopic (exact) mass is 413 g/mol. The third kappa shape index (κ3) is 983. The van der Waals surface area contributed by atoms with Crippen molar-refractivity contribution in [3.05, 3.63) is 46.0 Å². The van der Waals surface area contributed by atoms with E-state index in [1.54, 1.807) is 0 Å². The van der Waals surface area contributed by atoms with Gasteiger partial charge in [-0.2, -0.15) is 0 Å². The van der Waals surface area contributed by atoms with E-state index >= 15 is 0 Å². The quantitative estimate of drug-likeness (QED) is 0.363. The summed E-state index contributed by atoms with van der Waals surface area (Å²) in [5.74, 6) is 0. The molecule has 0 aromatic heterocycles. The third-order valence-corrected chi connectivity index (χ3v) is 0. The molecule has 0 N–H and O–H groups in total. The van der Waals surface area contributed by atoms with Gasteiger partial charge in [0.25, 0.3) is 0 Å². The predicted octanol–water partition coefficient (Wildman–Crippen LogP) is -0.717. The van der Waals surface area contributed by atoms with Gasteiger partial charge >= 0.3 is 44.1 Å². The zero-order chi connectivity index (χ0) is 10.7. The first-order valence-electron chi connectivity index (χ1n) is 1.64. The van der Waals surface area contributed by atoms with E-state index in [0.717, 1.165) is 0 Å². The van der Waals surface area contributed by atoms with Crippen LogP contribution in [-0.2, 0) is 0 Å². The first kappa shape index (κ1) is 22.7. The molecule has 0 atom stereocenters. The van der Waals surface area contributed by atoms with Gasteiger partial charge < -0.3 is 46.0 Å². The van der Waals surface area contributed by atoms with Crippen LogP contribution in [0.3, 0.4) is 0 Å². The van der Waals surface area contributed by atoms with Crippen LogP contribution in [0.2, 0.25) is 0 Å². The van der Waals surface area contributed by atoms with E-state index in [9.17, 15) is 0 Å². The van der Waals surface area contributed by atoms with E-state index in [4.69, 9.17) is 46.0 Å². The summed E-state index contributed by atoms with van der Waals surface area (Å²) in [6, 6.07) is 0. The Labute approximate surface area is 105 Å². The molecule has 0 heterocycles. The molecule has 0 aromatic rings. The van der Waals surface area contributed by atoms with Gasteiger partial charge in [0.2, 0.25) is 0 Å². The molecule has 72 valence electrons. The maximum atomic E-state index is 8.25. The van der Waals surface area contributed by atoms with Crippen molar-refractivity contribution in [2.75, 3.05) is 0 Å². The maximum Gasteiger partial charge on any atom is 3.00 e. The van der Waals surface area contributed by atoms with Gasteiger partial charge in [-0.1, -0.05) is 0 Å². The average molecular weight is 413 g/mol. The Morgan fingerprint density at radius 3 is 0.538 bits per heavy atom. The second kappa shape index (κ2) is 17.2. The SMILES string of the molecule is O=[N+]([O-])[O-].O=[N+]([O-])[O-].O=[N+]([O-])[O-].[Ac+3]. The average Bonchev–Trinajstić information content (AvgIpc) is 1.54. The van der Waals surface area contributed by atoms with Crippen LogP contribution < -0.4 is 0 Å². The van der Waals surface area contributed by atoms with Crippen LogP contribution in [0.1, 0.15) is 0 Å². The van der Waals surface area contributed by atoms with E-state index < -0.39 is 15.3 Å². The van der Waals surface area contributed by atoms with Crippen LogP contribution in [0.5, 0.6) is 0 Å². The normalized spacial score (nSPS) is 5.54. The second-order valence-corrected chi connectivity index (χ2v) is 0.671. The number of hydrogen-bond acceptors (Lipinski definition) is 9. The Morgan fingerprint density at radius 1 is 0.538 bits per heavy atom. The Hall–Kier alpha value is -0.958. The molecule has 0 radical (unpaired) electrons. The topological polar surface area (TPSA) is 199 Å². The summed E-state index contributed by atoms with van der Waals surface area (Å²) in [5.41, 5.74) is 0. The zero-order valence-corrected chi connectivity index (χ0v) is 10.3. The molecule has 13 heteroatoms. The summed E-state index contributed by atoms with van der Waals surface area (Å²) < 4.78 is 0. The zero-order valence-electron chi connectivity index (χ0n) is 5.59. The first-order valence-corrected chi connectivity index (χ1v) is 1.64. The van der Waals surface area contributed by atoms with Crippen LogP contribution >= 0.6 is 0 Å². The molecule has 0 unspecified atom stereocenters. The Bertz CT molecular complexity index is 112. The fourth-order valence-corrected chi connectivity index (χ4v) is 0. The van der Waals surface area contributed by atoms with Gasteiger partial charge in [-0.05, 0) is 0 Å². The maximum absolute atomic E-state index is 8.25. The Balaban J connectivity index is -0.0000000450. The summed E-state index contributed by atoms with van der Waals surface area (Å²) in [4.78, 5) is 24.8. The van der Waals surface area contributed by atoms with Gasteiger partial charge in [-0.25, -0.2) is 0 Å². The van der Waals surface area contributed by atoms with Crippen LogP contribution in [0, 0.1) is 90.0 Å². The van der Waals surface area contributed by atoms with E-state index in [1.807, 2.05) is 0 Å². The predicted molar refractivity (Wildman–Crippen MR) is 31.1 cm³/mol. The van der Waals surface area contributed by atoms with Gasteiger partial charge in [-0.3, -0.25) is 0 Å². The largest absolute Gasteiger partial charge is 3.00 e. The van der Waals surface area contributed by atoms with Gasteiger partial charge in [0.1, 0.15) is 0 Å². The molecular formula is AcN3O9. The van der Waals surface area contributed by atoms with Crippen molar-refractivity contribution in [3.63, 3.8) is 0 Å². The Kier molecular flexibility index (Phi) is 30.1. The van der Waals surface area contributed by atoms with Crippen LogP contribution in [-0.4, -0.2) is 15.3 Å². The minimum Gasteiger partial charge on any atom is -0.356 e. The Morgan fingerprint density at radius 2 is 0.538 bits per heavy atom. The fraction of sp³-hybridized carbons (Fsp3) is 0. The summed E-state index contributed by atoms with van der Waals surface area (Å²) in [7, 11) is 0. The molecule has 0 bridgehead atoms. The molecule has 0 rings (SSSR count). The van der Waals surface area contributed by atoms with Gasteiger partial charge in [0.05, 0.1) is 15.3 Å². The molecule has 0 saturated carbocycles. The number of nitrogens with zero attached hydrogens (tertiary/aromatic N) is 3. The third-order valence-electron chi connectivity index (χ3n) is 0. The molecule has 0 aromatic carbocycles. The molecule has 0 saturated heterocycles. The van der Waals surface area contributed by atoms with Crippen molar-refractivity contribution in [2.45, 2.75) is 0 Å². The molecule has 0 spiro atoms. The number of hydrogen-bond donors (Lipinski definition) is 0. The van der Waals surface area contributed by atoms with Crippen LogP contribution in [0.15, 0.2) is 0 Å². The van der Waals surface area contributed by atoms with Crippen molar-refractivity contribution < 1.29 is 59.3 Å². The summed E-state index contributed by atoms with van der Waals surface area (Å²) in [6.45, 7) is 0. The summed E-state index contributed by atoms with van der Waals surface area (Å²) >= 11 is 0. The van der Waals surface area contributed by atoms with Crippen molar-refractivity contribution in [1.29, 1.82) is 0 Å². The smallest absolute Gasteiger partial charge is 0.356 e. The van der Waals surface area contributed by atoms with Crippen molar-refractivity contribution in [2.24, 2.45) is 0 Å². The molecule has 0 fully saturated rings. The van der Waals surface area contributed by atoms with E-state index in [0.29, 0.717) is 0 Å². The second-order valence-electron chi connectivity index (χ2n) is 0.671. The van der Waals surface area contributed by atoms with E-state index in [2.05, 4.69) is 0 Å². The van der Waals surface area contributed by atoms with Gasteiger partial charge in [-0.15, -0.1) is 0 Å². The molecule has 0 aliphatic rings. The minimum absolute atomic E-state index is 0. The molecule has 0 aliphatic carbocycles. The first-order chi connectivity index (χ1) is 5.20. The minimum atomic E-state index is -1.75. The molecular weight excluding hydrogens is 413 g/mol.